The van der Waals surface area contributed by atoms with Crippen LogP contribution in [0.25, 0.3) is 16.6 Å². The molecule has 0 spiro atoms. The number of hydrogen-bond acceptors (Lipinski definition) is 6. The number of anilines is 1. The van der Waals surface area contributed by atoms with Crippen LogP contribution in [0.5, 0.6) is 5.75 Å². The summed E-state index contributed by atoms with van der Waals surface area (Å²) in [6.45, 7) is 4.89. The zero-order chi connectivity index (χ0) is 22.7. The number of para-hydroxylation sites is 2. The third-order valence-corrected chi connectivity index (χ3v) is 5.60. The number of aryl methyl sites for hydroxylation is 2. The van der Waals surface area contributed by atoms with Crippen LogP contribution in [0.1, 0.15) is 29.5 Å². The highest BCUT2D eigenvalue weighted by Gasteiger charge is 2.21. The van der Waals surface area contributed by atoms with Crippen molar-refractivity contribution in [3.63, 3.8) is 0 Å². The lowest BCUT2D eigenvalue weighted by atomic mass is 10.1. The Labute approximate surface area is 189 Å². The molecular formula is C25H30N6O. The van der Waals surface area contributed by atoms with E-state index in [9.17, 15) is 0 Å². The number of rotatable bonds is 8. The predicted molar refractivity (Wildman–Crippen MR) is 129 cm³/mol. The van der Waals surface area contributed by atoms with Gasteiger partial charge in [0.05, 0.1) is 16.8 Å². The van der Waals surface area contributed by atoms with Crippen LogP contribution in [0, 0.1) is 13.8 Å². The van der Waals surface area contributed by atoms with Crippen molar-refractivity contribution in [3.8, 4) is 11.4 Å². The lowest BCUT2D eigenvalue weighted by Crippen LogP contribution is -2.17. The first kappa shape index (κ1) is 21.8. The molecule has 1 unspecified atom stereocenters. The van der Waals surface area contributed by atoms with Gasteiger partial charge in [-0.25, -0.2) is 4.68 Å². The molecule has 2 heterocycles. The van der Waals surface area contributed by atoms with Gasteiger partial charge in [-0.15, -0.1) is 5.10 Å². The molecule has 0 saturated heterocycles. The minimum absolute atomic E-state index is 0.0718. The molecule has 2 aromatic carbocycles. The van der Waals surface area contributed by atoms with E-state index in [0.717, 1.165) is 58.1 Å². The van der Waals surface area contributed by atoms with Crippen LogP contribution in [0.2, 0.25) is 0 Å². The zero-order valence-electron chi connectivity index (χ0n) is 19.3. The standard InChI is InChI=1S/C25H30N6O/c1-17-23-18(2)31(29-24(23)25(28-27-17)30(4)5)20-13-9-10-14-22(20)32-21(15-16-26-3)19-11-7-6-8-12-19/h6-14,21,26H,15-16H2,1-5H3. The molecule has 2 aromatic heterocycles. The smallest absolute Gasteiger partial charge is 0.179 e. The van der Waals surface area contributed by atoms with Crippen molar-refractivity contribution >= 4 is 16.7 Å². The van der Waals surface area contributed by atoms with Gasteiger partial charge in [-0.05, 0) is 45.1 Å². The van der Waals surface area contributed by atoms with Gasteiger partial charge < -0.3 is 15.0 Å². The second-order valence-corrected chi connectivity index (χ2v) is 8.10. The van der Waals surface area contributed by atoms with E-state index in [1.165, 1.54) is 0 Å². The van der Waals surface area contributed by atoms with E-state index in [1.54, 1.807) is 0 Å². The first-order valence-corrected chi connectivity index (χ1v) is 10.9. The Hall–Kier alpha value is -3.45. The first-order chi connectivity index (χ1) is 15.5. The van der Waals surface area contributed by atoms with Crippen molar-refractivity contribution < 1.29 is 4.74 Å². The molecule has 4 rings (SSSR count). The highest BCUT2D eigenvalue weighted by atomic mass is 16.5. The molecule has 0 saturated carbocycles. The normalized spacial score (nSPS) is 12.2. The maximum atomic E-state index is 6.60. The average Bonchev–Trinajstić information content (AvgIpc) is 3.15. The van der Waals surface area contributed by atoms with E-state index < -0.39 is 0 Å². The molecule has 0 radical (unpaired) electrons. The molecule has 1 atom stereocenters. The zero-order valence-corrected chi connectivity index (χ0v) is 19.3. The Morgan fingerprint density at radius 2 is 1.72 bits per heavy atom. The van der Waals surface area contributed by atoms with E-state index in [0.29, 0.717) is 0 Å². The fourth-order valence-electron chi connectivity index (χ4n) is 3.97. The minimum atomic E-state index is -0.0718. The molecule has 0 bridgehead atoms. The SMILES string of the molecule is CNCCC(Oc1ccccc1-n1nc2c(N(C)C)nnc(C)c2c1C)c1ccccc1. The number of fused-ring (bicyclic) bond motifs is 1. The summed E-state index contributed by atoms with van der Waals surface area (Å²) in [5, 5.41) is 17.9. The first-order valence-electron chi connectivity index (χ1n) is 10.9. The summed E-state index contributed by atoms with van der Waals surface area (Å²) in [6.07, 6.45) is 0.782. The highest BCUT2D eigenvalue weighted by Crippen LogP contribution is 2.33. The fourth-order valence-corrected chi connectivity index (χ4v) is 3.97. The molecule has 0 aliphatic rings. The topological polar surface area (TPSA) is 68.1 Å². The van der Waals surface area contributed by atoms with Gasteiger partial charge in [0.15, 0.2) is 5.82 Å². The number of benzene rings is 2. The lowest BCUT2D eigenvalue weighted by Gasteiger charge is -2.22. The molecular weight excluding hydrogens is 400 g/mol. The van der Waals surface area contributed by atoms with E-state index in [4.69, 9.17) is 9.84 Å². The maximum Gasteiger partial charge on any atom is 0.179 e. The predicted octanol–water partition coefficient (Wildman–Crippen LogP) is 4.23. The molecule has 4 aromatic rings. The Bertz CT molecular complexity index is 1200. The van der Waals surface area contributed by atoms with Gasteiger partial charge in [0, 0.05) is 20.5 Å². The Morgan fingerprint density at radius 1 is 1.00 bits per heavy atom. The van der Waals surface area contributed by atoms with Crippen LogP contribution in [0.15, 0.2) is 54.6 Å². The summed E-state index contributed by atoms with van der Waals surface area (Å²) in [6, 6.07) is 18.4. The molecule has 1 N–H and O–H groups in total. The van der Waals surface area contributed by atoms with Crippen LogP contribution < -0.4 is 15.0 Å². The van der Waals surface area contributed by atoms with Gasteiger partial charge in [0.1, 0.15) is 23.1 Å². The van der Waals surface area contributed by atoms with E-state index in [2.05, 4.69) is 34.6 Å². The van der Waals surface area contributed by atoms with Crippen molar-refractivity contribution in [1.82, 2.24) is 25.3 Å². The summed E-state index contributed by atoms with van der Waals surface area (Å²) >= 11 is 0. The summed E-state index contributed by atoms with van der Waals surface area (Å²) in [7, 11) is 5.87. The van der Waals surface area contributed by atoms with Gasteiger partial charge in [0.2, 0.25) is 0 Å². The number of ether oxygens (including phenoxy) is 1. The van der Waals surface area contributed by atoms with Gasteiger partial charge in [-0.3, -0.25) is 0 Å². The van der Waals surface area contributed by atoms with Gasteiger partial charge in [-0.1, -0.05) is 42.5 Å². The Morgan fingerprint density at radius 3 is 2.44 bits per heavy atom. The third kappa shape index (κ3) is 4.16. The molecule has 166 valence electrons. The Kier molecular flexibility index (Phi) is 6.37. The number of nitrogens with zero attached hydrogens (tertiary/aromatic N) is 5. The molecule has 0 aliphatic carbocycles. The average molecular weight is 431 g/mol. The number of hydrogen-bond donors (Lipinski definition) is 1. The molecule has 32 heavy (non-hydrogen) atoms. The van der Waals surface area contributed by atoms with Crippen LogP contribution in [-0.2, 0) is 0 Å². The molecule has 7 nitrogen and oxygen atoms in total. The van der Waals surface area contributed by atoms with Crippen molar-refractivity contribution in [2.45, 2.75) is 26.4 Å². The third-order valence-electron chi connectivity index (χ3n) is 5.60. The summed E-state index contributed by atoms with van der Waals surface area (Å²) < 4.78 is 8.55. The highest BCUT2D eigenvalue weighted by molar-refractivity contribution is 5.92. The van der Waals surface area contributed by atoms with E-state index in [1.807, 2.05) is 80.1 Å². The summed E-state index contributed by atoms with van der Waals surface area (Å²) in [4.78, 5) is 1.94. The van der Waals surface area contributed by atoms with Crippen molar-refractivity contribution in [1.29, 1.82) is 0 Å². The second kappa shape index (κ2) is 9.36. The van der Waals surface area contributed by atoms with E-state index >= 15 is 0 Å². The van der Waals surface area contributed by atoms with Gasteiger partial charge in [0.25, 0.3) is 0 Å². The Balaban J connectivity index is 1.80. The van der Waals surface area contributed by atoms with Crippen LogP contribution >= 0.6 is 0 Å². The van der Waals surface area contributed by atoms with Crippen molar-refractivity contribution in [2.75, 3.05) is 32.6 Å². The quantitative estimate of drug-likeness (QED) is 0.451. The fraction of sp³-hybridized carbons (Fsp3) is 0.320. The molecule has 7 heteroatoms. The number of aromatic nitrogens is 4. The molecule has 0 fully saturated rings. The maximum absolute atomic E-state index is 6.60. The van der Waals surface area contributed by atoms with Gasteiger partial charge >= 0.3 is 0 Å². The van der Waals surface area contributed by atoms with Crippen LogP contribution in [-0.4, -0.2) is 47.7 Å². The minimum Gasteiger partial charge on any atom is -0.483 e. The van der Waals surface area contributed by atoms with Crippen LogP contribution in [0.4, 0.5) is 5.82 Å². The van der Waals surface area contributed by atoms with Crippen molar-refractivity contribution in [2.24, 2.45) is 0 Å². The monoisotopic (exact) mass is 430 g/mol. The second-order valence-electron chi connectivity index (χ2n) is 8.10. The summed E-state index contributed by atoms with van der Waals surface area (Å²) in [5.74, 6) is 1.54. The lowest BCUT2D eigenvalue weighted by molar-refractivity contribution is 0.194. The van der Waals surface area contributed by atoms with E-state index in [-0.39, 0.29) is 6.10 Å². The summed E-state index contributed by atoms with van der Waals surface area (Å²) in [5.41, 5.74) is 4.77. The number of nitrogens with one attached hydrogen (secondary N) is 1. The molecule has 0 amide bonds. The van der Waals surface area contributed by atoms with Crippen molar-refractivity contribution in [3.05, 3.63) is 71.5 Å². The largest absolute Gasteiger partial charge is 0.483 e. The van der Waals surface area contributed by atoms with Gasteiger partial charge in [-0.2, -0.15) is 10.2 Å². The van der Waals surface area contributed by atoms with Crippen LogP contribution in [0.3, 0.4) is 0 Å². The molecule has 0 aliphatic heterocycles.